The minimum atomic E-state index is -0.632. The van der Waals surface area contributed by atoms with E-state index in [1.807, 2.05) is 18.2 Å². The number of rotatable bonds is 6. The summed E-state index contributed by atoms with van der Waals surface area (Å²) in [5.74, 6) is 1.31. The van der Waals surface area contributed by atoms with E-state index in [2.05, 4.69) is 22.8 Å². The Kier molecular flexibility index (Phi) is 5.69. The van der Waals surface area contributed by atoms with Gasteiger partial charge in [0.1, 0.15) is 23.5 Å². The van der Waals surface area contributed by atoms with Crippen molar-refractivity contribution in [3.05, 3.63) is 75.3 Å². The van der Waals surface area contributed by atoms with Crippen LogP contribution in [0.2, 0.25) is 0 Å². The molecule has 3 aromatic rings. The Hall–Kier alpha value is -3.50. The molecule has 0 radical (unpaired) electrons. The molecule has 0 spiro atoms. The second kappa shape index (κ2) is 8.80. The lowest BCUT2D eigenvalue weighted by Gasteiger charge is -2.18. The zero-order chi connectivity index (χ0) is 22.9. The van der Waals surface area contributed by atoms with Gasteiger partial charge in [-0.25, -0.2) is 9.37 Å². The first kappa shape index (κ1) is 21.4. The van der Waals surface area contributed by atoms with Crippen LogP contribution in [-0.4, -0.2) is 29.2 Å². The SMILES string of the molecule is Cc1c(NC[C@H]2CCNC2)nc(-c2ccc(C#N)c(F)c2)n(-c2ccc(C3CC3)cc2)c1=O. The van der Waals surface area contributed by atoms with Crippen molar-refractivity contribution < 1.29 is 4.39 Å². The van der Waals surface area contributed by atoms with E-state index < -0.39 is 5.82 Å². The number of hydrogen-bond donors (Lipinski definition) is 2. The lowest BCUT2D eigenvalue weighted by Crippen LogP contribution is -2.27. The molecular formula is C26H26FN5O. The predicted octanol–water partition coefficient (Wildman–Crippen LogP) is 4.12. The van der Waals surface area contributed by atoms with Gasteiger partial charge in [0, 0.05) is 12.1 Å². The van der Waals surface area contributed by atoms with Gasteiger partial charge in [-0.2, -0.15) is 5.26 Å². The van der Waals surface area contributed by atoms with Crippen LogP contribution in [0.15, 0.2) is 47.3 Å². The fraction of sp³-hybridized carbons (Fsp3) is 0.346. The van der Waals surface area contributed by atoms with Crippen LogP contribution < -0.4 is 16.2 Å². The molecule has 1 atom stereocenters. The zero-order valence-electron chi connectivity index (χ0n) is 18.6. The van der Waals surface area contributed by atoms with Crippen molar-refractivity contribution in [2.75, 3.05) is 25.0 Å². The van der Waals surface area contributed by atoms with Crippen molar-refractivity contribution in [1.29, 1.82) is 5.26 Å². The molecule has 2 aromatic carbocycles. The molecule has 2 heterocycles. The van der Waals surface area contributed by atoms with Crippen LogP contribution in [0, 0.1) is 30.0 Å². The first-order valence-electron chi connectivity index (χ1n) is 11.4. The van der Waals surface area contributed by atoms with E-state index in [4.69, 9.17) is 10.2 Å². The smallest absolute Gasteiger partial charge is 0.263 e. The maximum Gasteiger partial charge on any atom is 0.263 e. The summed E-state index contributed by atoms with van der Waals surface area (Å²) in [6.07, 6.45) is 3.48. The van der Waals surface area contributed by atoms with Crippen LogP contribution >= 0.6 is 0 Å². The highest BCUT2D eigenvalue weighted by Gasteiger charge is 2.24. The number of aromatic nitrogens is 2. The summed E-state index contributed by atoms with van der Waals surface area (Å²) in [6, 6.07) is 14.1. The van der Waals surface area contributed by atoms with Gasteiger partial charge < -0.3 is 10.6 Å². The number of benzene rings is 2. The molecular weight excluding hydrogens is 417 g/mol. The topological polar surface area (TPSA) is 82.7 Å². The Bertz CT molecular complexity index is 1280. The largest absolute Gasteiger partial charge is 0.369 e. The van der Waals surface area contributed by atoms with E-state index in [1.54, 1.807) is 13.0 Å². The van der Waals surface area contributed by atoms with E-state index >= 15 is 0 Å². The van der Waals surface area contributed by atoms with E-state index in [1.165, 1.54) is 35.1 Å². The second-order valence-electron chi connectivity index (χ2n) is 8.96. The Morgan fingerprint density at radius 2 is 2.00 bits per heavy atom. The molecule has 7 heteroatoms. The number of halogens is 1. The lowest BCUT2D eigenvalue weighted by molar-refractivity contribution is 0.613. The summed E-state index contributed by atoms with van der Waals surface area (Å²) in [7, 11) is 0. The maximum atomic E-state index is 14.5. The Morgan fingerprint density at radius 3 is 2.64 bits per heavy atom. The Morgan fingerprint density at radius 1 is 1.21 bits per heavy atom. The number of nitrogens with zero attached hydrogens (tertiary/aromatic N) is 3. The predicted molar refractivity (Wildman–Crippen MR) is 126 cm³/mol. The third-order valence-electron chi connectivity index (χ3n) is 6.58. The summed E-state index contributed by atoms with van der Waals surface area (Å²) in [4.78, 5) is 18.3. The maximum absolute atomic E-state index is 14.5. The van der Waals surface area contributed by atoms with Crippen LogP contribution in [0.1, 0.15) is 41.9 Å². The molecule has 2 fully saturated rings. The van der Waals surface area contributed by atoms with Gasteiger partial charge in [-0.05, 0) is 87.0 Å². The van der Waals surface area contributed by atoms with Gasteiger partial charge in [0.15, 0.2) is 0 Å². The van der Waals surface area contributed by atoms with Crippen LogP contribution in [0.4, 0.5) is 10.2 Å². The zero-order valence-corrected chi connectivity index (χ0v) is 18.6. The molecule has 1 aromatic heterocycles. The molecule has 2 N–H and O–H groups in total. The first-order chi connectivity index (χ1) is 16.0. The average molecular weight is 444 g/mol. The van der Waals surface area contributed by atoms with Gasteiger partial charge >= 0.3 is 0 Å². The number of anilines is 1. The van der Waals surface area contributed by atoms with Crippen molar-refractivity contribution in [3.63, 3.8) is 0 Å². The molecule has 1 aliphatic carbocycles. The fourth-order valence-corrected chi connectivity index (χ4v) is 4.40. The van der Waals surface area contributed by atoms with Crippen molar-refractivity contribution in [3.8, 4) is 23.1 Å². The van der Waals surface area contributed by atoms with Crippen LogP contribution in [0.25, 0.3) is 17.1 Å². The van der Waals surface area contributed by atoms with Gasteiger partial charge in [-0.1, -0.05) is 12.1 Å². The summed E-state index contributed by atoms with van der Waals surface area (Å²) in [5.41, 5.74) is 2.68. The van der Waals surface area contributed by atoms with E-state index in [9.17, 15) is 9.18 Å². The Balaban J connectivity index is 1.61. The molecule has 0 amide bonds. The van der Waals surface area contributed by atoms with Crippen molar-refractivity contribution in [1.82, 2.24) is 14.9 Å². The molecule has 1 saturated carbocycles. The fourth-order valence-electron chi connectivity index (χ4n) is 4.40. The molecule has 6 nitrogen and oxygen atoms in total. The van der Waals surface area contributed by atoms with Crippen LogP contribution in [0.5, 0.6) is 0 Å². The van der Waals surface area contributed by atoms with Crippen molar-refractivity contribution >= 4 is 5.82 Å². The molecule has 5 rings (SSSR count). The molecule has 33 heavy (non-hydrogen) atoms. The van der Waals surface area contributed by atoms with Gasteiger partial charge in [-0.3, -0.25) is 9.36 Å². The minimum Gasteiger partial charge on any atom is -0.369 e. The highest BCUT2D eigenvalue weighted by molar-refractivity contribution is 5.63. The number of nitriles is 1. The van der Waals surface area contributed by atoms with E-state index in [0.29, 0.717) is 46.8 Å². The van der Waals surface area contributed by atoms with E-state index in [0.717, 1.165) is 19.5 Å². The molecule has 168 valence electrons. The summed E-state index contributed by atoms with van der Waals surface area (Å²) >= 11 is 0. The van der Waals surface area contributed by atoms with Crippen LogP contribution in [0.3, 0.4) is 0 Å². The van der Waals surface area contributed by atoms with Gasteiger partial charge in [0.2, 0.25) is 0 Å². The minimum absolute atomic E-state index is 0.0411. The summed E-state index contributed by atoms with van der Waals surface area (Å²) in [6.45, 7) is 4.40. The van der Waals surface area contributed by atoms with Crippen molar-refractivity contribution in [2.45, 2.75) is 32.1 Å². The van der Waals surface area contributed by atoms with Gasteiger partial charge in [-0.15, -0.1) is 0 Å². The average Bonchev–Trinajstić information content (AvgIpc) is 3.55. The molecule has 2 aliphatic rings. The van der Waals surface area contributed by atoms with E-state index in [-0.39, 0.29) is 11.1 Å². The lowest BCUT2D eigenvalue weighted by atomic mass is 10.1. The van der Waals surface area contributed by atoms with Crippen LogP contribution in [-0.2, 0) is 0 Å². The molecule has 0 unspecified atom stereocenters. The molecule has 1 saturated heterocycles. The monoisotopic (exact) mass is 443 g/mol. The Labute approximate surface area is 192 Å². The summed E-state index contributed by atoms with van der Waals surface area (Å²) < 4.78 is 16.0. The third kappa shape index (κ3) is 4.27. The normalized spacial score (nSPS) is 17.7. The first-order valence-corrected chi connectivity index (χ1v) is 11.4. The molecule has 0 bridgehead atoms. The van der Waals surface area contributed by atoms with Gasteiger partial charge in [0.25, 0.3) is 5.56 Å². The van der Waals surface area contributed by atoms with Crippen molar-refractivity contribution in [2.24, 2.45) is 5.92 Å². The second-order valence-corrected chi connectivity index (χ2v) is 8.96. The highest BCUT2D eigenvalue weighted by atomic mass is 19.1. The number of nitrogens with one attached hydrogen (secondary N) is 2. The quantitative estimate of drug-likeness (QED) is 0.599. The molecule has 1 aliphatic heterocycles. The standard InChI is InChI=1S/C26H26FN5O/c1-16-24(30-15-17-10-11-29-14-17)31-25(20-4-5-21(13-28)23(27)12-20)32(26(16)33)22-8-6-19(7-9-22)18-2-3-18/h4-9,12,17-18,29-30H,2-3,10-11,14-15H2,1H3/t17-/m0/s1. The number of hydrogen-bond acceptors (Lipinski definition) is 5. The van der Waals surface area contributed by atoms with Gasteiger partial charge in [0.05, 0.1) is 16.8 Å². The summed E-state index contributed by atoms with van der Waals surface area (Å²) in [5, 5.41) is 15.8. The third-order valence-corrected chi connectivity index (χ3v) is 6.58. The highest BCUT2D eigenvalue weighted by Crippen LogP contribution is 2.40.